The molecule has 0 spiro atoms. The van der Waals surface area contributed by atoms with Crippen molar-refractivity contribution in [1.29, 1.82) is 0 Å². The zero-order chi connectivity index (χ0) is 12.3. The van der Waals surface area contributed by atoms with Crippen molar-refractivity contribution in [1.82, 2.24) is 5.32 Å². The third kappa shape index (κ3) is 2.82. The highest BCUT2D eigenvalue weighted by Crippen LogP contribution is 2.10. The molecule has 1 aliphatic rings. The standard InChI is InChI=1S/C12H13NO4/c1-8(10-11(14)17-12(15)13-10)16-7-9-5-3-2-4-6-9/h2-6,8,10H,7H2,1H3,(H,13,15)/t8?,10-/m0/s1. The molecule has 5 heteroatoms. The zero-order valence-corrected chi connectivity index (χ0v) is 9.38. The smallest absolute Gasteiger partial charge is 0.375 e. The van der Waals surface area contributed by atoms with E-state index in [1.54, 1.807) is 6.92 Å². The van der Waals surface area contributed by atoms with Crippen molar-refractivity contribution < 1.29 is 19.1 Å². The molecular weight excluding hydrogens is 222 g/mol. The predicted octanol–water partition coefficient (Wildman–Crippen LogP) is 1.23. The van der Waals surface area contributed by atoms with Crippen LogP contribution in [0.1, 0.15) is 12.5 Å². The second kappa shape index (κ2) is 4.97. The molecular formula is C12H13NO4. The summed E-state index contributed by atoms with van der Waals surface area (Å²) < 4.78 is 9.89. The number of rotatable bonds is 4. The van der Waals surface area contributed by atoms with Gasteiger partial charge in [0.15, 0.2) is 6.04 Å². The van der Waals surface area contributed by atoms with Gasteiger partial charge < -0.3 is 14.8 Å². The van der Waals surface area contributed by atoms with E-state index in [1.807, 2.05) is 30.3 Å². The van der Waals surface area contributed by atoms with Gasteiger partial charge in [0, 0.05) is 0 Å². The van der Waals surface area contributed by atoms with Crippen LogP contribution in [0.5, 0.6) is 0 Å². The first-order chi connectivity index (χ1) is 8.16. The van der Waals surface area contributed by atoms with E-state index in [-0.39, 0.29) is 0 Å². The van der Waals surface area contributed by atoms with Crippen LogP contribution in [0.25, 0.3) is 0 Å². The van der Waals surface area contributed by atoms with Crippen LogP contribution in [0, 0.1) is 0 Å². The van der Waals surface area contributed by atoms with Gasteiger partial charge in [-0.05, 0) is 12.5 Å². The number of amides is 1. The average molecular weight is 235 g/mol. The van der Waals surface area contributed by atoms with E-state index in [9.17, 15) is 9.59 Å². The van der Waals surface area contributed by atoms with Gasteiger partial charge in [0.05, 0.1) is 12.7 Å². The Balaban J connectivity index is 1.87. The van der Waals surface area contributed by atoms with E-state index in [1.165, 1.54) is 0 Å². The molecule has 0 radical (unpaired) electrons. The summed E-state index contributed by atoms with van der Waals surface area (Å²) in [6, 6.07) is 8.88. The maximum absolute atomic E-state index is 11.3. The minimum Gasteiger partial charge on any atom is -0.375 e. The zero-order valence-electron chi connectivity index (χ0n) is 9.38. The summed E-state index contributed by atoms with van der Waals surface area (Å²) in [6.45, 7) is 2.11. The predicted molar refractivity (Wildman–Crippen MR) is 59.1 cm³/mol. The van der Waals surface area contributed by atoms with Crippen molar-refractivity contribution in [2.45, 2.75) is 25.7 Å². The Morgan fingerprint density at radius 3 is 2.65 bits per heavy atom. The van der Waals surface area contributed by atoms with E-state index in [0.717, 1.165) is 5.56 Å². The Kier molecular flexibility index (Phi) is 3.39. The lowest BCUT2D eigenvalue weighted by atomic mass is 10.2. The summed E-state index contributed by atoms with van der Waals surface area (Å²) in [5.74, 6) is -0.587. The minimum absolute atomic E-state index is 0.391. The van der Waals surface area contributed by atoms with Gasteiger partial charge in [-0.3, -0.25) is 0 Å². The third-order valence-electron chi connectivity index (χ3n) is 2.55. The van der Waals surface area contributed by atoms with Crippen LogP contribution in [0.2, 0.25) is 0 Å². The number of ether oxygens (including phenoxy) is 2. The molecule has 1 N–H and O–H groups in total. The van der Waals surface area contributed by atoms with Crippen molar-refractivity contribution in [3.05, 3.63) is 35.9 Å². The normalized spacial score (nSPS) is 20.9. The quantitative estimate of drug-likeness (QED) is 0.629. The van der Waals surface area contributed by atoms with Crippen LogP contribution < -0.4 is 5.32 Å². The molecule has 17 heavy (non-hydrogen) atoms. The van der Waals surface area contributed by atoms with Gasteiger partial charge in [-0.1, -0.05) is 30.3 Å². The molecule has 1 unspecified atom stereocenters. The highest BCUT2D eigenvalue weighted by atomic mass is 16.6. The fourth-order valence-corrected chi connectivity index (χ4v) is 1.58. The fourth-order valence-electron chi connectivity index (χ4n) is 1.58. The topological polar surface area (TPSA) is 64.6 Å². The number of hydrogen-bond donors (Lipinski definition) is 1. The van der Waals surface area contributed by atoms with Gasteiger partial charge in [-0.15, -0.1) is 0 Å². The first-order valence-electron chi connectivity index (χ1n) is 5.34. The number of hydrogen-bond acceptors (Lipinski definition) is 4. The van der Waals surface area contributed by atoms with E-state index >= 15 is 0 Å². The fraction of sp³-hybridized carbons (Fsp3) is 0.333. The van der Waals surface area contributed by atoms with Gasteiger partial charge in [0.25, 0.3) is 0 Å². The minimum atomic E-state index is -0.716. The van der Waals surface area contributed by atoms with Crippen LogP contribution in [0.15, 0.2) is 30.3 Å². The molecule has 2 atom stereocenters. The van der Waals surface area contributed by atoms with Crippen LogP contribution in [-0.2, 0) is 20.9 Å². The molecule has 0 aromatic heterocycles. The van der Waals surface area contributed by atoms with Gasteiger partial charge in [-0.2, -0.15) is 0 Å². The van der Waals surface area contributed by atoms with Crippen molar-refractivity contribution >= 4 is 12.1 Å². The second-order valence-corrected chi connectivity index (χ2v) is 3.83. The molecule has 1 aliphatic heterocycles. The first-order valence-corrected chi connectivity index (χ1v) is 5.34. The number of benzene rings is 1. The van der Waals surface area contributed by atoms with Crippen LogP contribution >= 0.6 is 0 Å². The van der Waals surface area contributed by atoms with Crippen molar-refractivity contribution in [3.63, 3.8) is 0 Å². The lowest BCUT2D eigenvalue weighted by Crippen LogP contribution is -2.40. The van der Waals surface area contributed by atoms with Crippen molar-refractivity contribution in [2.75, 3.05) is 0 Å². The van der Waals surface area contributed by atoms with Gasteiger partial charge >= 0.3 is 12.1 Å². The maximum atomic E-state index is 11.3. The summed E-state index contributed by atoms with van der Waals surface area (Å²) >= 11 is 0. The largest absolute Gasteiger partial charge is 0.415 e. The van der Waals surface area contributed by atoms with Gasteiger partial charge in [0.2, 0.25) is 0 Å². The van der Waals surface area contributed by atoms with Gasteiger partial charge in [-0.25, -0.2) is 9.59 Å². The van der Waals surface area contributed by atoms with Gasteiger partial charge in [0.1, 0.15) is 0 Å². The van der Waals surface area contributed by atoms with E-state index in [0.29, 0.717) is 6.61 Å². The monoisotopic (exact) mass is 235 g/mol. The molecule has 0 saturated carbocycles. The van der Waals surface area contributed by atoms with Crippen LogP contribution in [0.3, 0.4) is 0 Å². The Bertz CT molecular complexity index is 418. The molecule has 2 rings (SSSR count). The summed E-state index contributed by atoms with van der Waals surface area (Å²) in [7, 11) is 0. The van der Waals surface area contributed by atoms with E-state index < -0.39 is 24.2 Å². The Hall–Kier alpha value is -1.88. The first kappa shape index (κ1) is 11.6. The number of nitrogens with one attached hydrogen (secondary N) is 1. The number of carbonyl (C=O) groups is 2. The molecule has 1 amide bonds. The number of carbonyl (C=O) groups excluding carboxylic acids is 2. The lowest BCUT2D eigenvalue weighted by molar-refractivity contribution is -0.138. The third-order valence-corrected chi connectivity index (χ3v) is 2.55. The Morgan fingerprint density at radius 2 is 2.06 bits per heavy atom. The molecule has 1 heterocycles. The number of cyclic esters (lactones) is 2. The molecule has 1 aromatic carbocycles. The van der Waals surface area contributed by atoms with Crippen molar-refractivity contribution in [3.8, 4) is 0 Å². The molecule has 5 nitrogen and oxygen atoms in total. The Morgan fingerprint density at radius 1 is 1.35 bits per heavy atom. The molecule has 90 valence electrons. The maximum Gasteiger partial charge on any atom is 0.415 e. The second-order valence-electron chi connectivity index (χ2n) is 3.83. The van der Waals surface area contributed by atoms with Crippen molar-refractivity contribution in [2.24, 2.45) is 0 Å². The lowest BCUT2D eigenvalue weighted by Gasteiger charge is -2.16. The van der Waals surface area contributed by atoms with Crippen LogP contribution in [0.4, 0.5) is 4.79 Å². The highest BCUT2D eigenvalue weighted by molar-refractivity contribution is 5.95. The average Bonchev–Trinajstić information content (AvgIpc) is 2.67. The number of esters is 1. The number of alkyl carbamates (subject to hydrolysis) is 1. The summed E-state index contributed by atoms with van der Waals surface area (Å²) in [5, 5.41) is 2.40. The highest BCUT2D eigenvalue weighted by Gasteiger charge is 2.37. The summed E-state index contributed by atoms with van der Waals surface area (Å²) in [4.78, 5) is 22.1. The summed E-state index contributed by atoms with van der Waals surface area (Å²) in [6.07, 6.45) is -1.13. The molecule has 0 bridgehead atoms. The molecule has 0 aliphatic carbocycles. The van der Waals surface area contributed by atoms with E-state index in [2.05, 4.69) is 10.1 Å². The molecule has 1 saturated heterocycles. The summed E-state index contributed by atoms with van der Waals surface area (Å²) in [5.41, 5.74) is 1.01. The SMILES string of the molecule is CC(OCc1ccccc1)[C@@H]1NC(=O)OC1=O. The van der Waals surface area contributed by atoms with Crippen LogP contribution in [-0.4, -0.2) is 24.2 Å². The molecule has 1 aromatic rings. The van der Waals surface area contributed by atoms with E-state index in [4.69, 9.17) is 4.74 Å². The Labute approximate surface area is 98.7 Å². The molecule has 1 fully saturated rings.